The monoisotopic (exact) mass is 425 g/mol. The Morgan fingerprint density at radius 3 is 2.48 bits per heavy atom. The van der Waals surface area contributed by atoms with Crippen molar-refractivity contribution < 1.29 is 32.3 Å². The third-order valence-electron chi connectivity index (χ3n) is 4.06. The number of carbonyl (C=O) groups is 3. The number of sulfonamides is 1. The van der Waals surface area contributed by atoms with Crippen LogP contribution in [0.25, 0.3) is 0 Å². The minimum atomic E-state index is -3.72. The van der Waals surface area contributed by atoms with E-state index in [0.717, 1.165) is 4.31 Å². The molecule has 0 unspecified atom stereocenters. The van der Waals surface area contributed by atoms with E-state index in [2.05, 4.69) is 10.6 Å². The first kappa shape index (κ1) is 22.4. The predicted octanol–water partition coefficient (Wildman–Crippen LogP) is 0.612. The molecule has 158 valence electrons. The van der Waals surface area contributed by atoms with Crippen molar-refractivity contribution in [3.05, 3.63) is 41.1 Å². The number of carbonyl (C=O) groups excluding carboxylic acids is 3. The molecule has 1 aromatic rings. The Balaban J connectivity index is 2.23. The van der Waals surface area contributed by atoms with Gasteiger partial charge in [0.05, 0.1) is 34.4 Å². The zero-order valence-electron chi connectivity index (χ0n) is 16.5. The SMILES string of the molecule is CCOC(=O)C1=C(COC(=O)c2cccc(S(=O)(=O)N(C)C)c2)NC(=O)N[C@@H]1C. The molecule has 0 spiro atoms. The van der Waals surface area contributed by atoms with Crippen molar-refractivity contribution in [2.45, 2.75) is 24.8 Å². The molecule has 0 saturated carbocycles. The molecule has 1 aliphatic heterocycles. The second-order valence-corrected chi connectivity index (χ2v) is 8.48. The van der Waals surface area contributed by atoms with Crippen molar-refractivity contribution in [2.24, 2.45) is 0 Å². The molecule has 11 heteroatoms. The molecular formula is C18H23N3O7S. The van der Waals surface area contributed by atoms with Crippen molar-refractivity contribution in [1.82, 2.24) is 14.9 Å². The quantitative estimate of drug-likeness (QED) is 0.612. The number of urea groups is 1. The number of hydrogen-bond acceptors (Lipinski definition) is 7. The number of rotatable bonds is 7. The lowest BCUT2D eigenvalue weighted by molar-refractivity contribution is -0.139. The van der Waals surface area contributed by atoms with Crippen LogP contribution < -0.4 is 10.6 Å². The van der Waals surface area contributed by atoms with Gasteiger partial charge in [-0.3, -0.25) is 0 Å². The van der Waals surface area contributed by atoms with Gasteiger partial charge in [-0.1, -0.05) is 6.07 Å². The van der Waals surface area contributed by atoms with Crippen LogP contribution in [0.1, 0.15) is 24.2 Å². The summed E-state index contributed by atoms with van der Waals surface area (Å²) >= 11 is 0. The average Bonchev–Trinajstić information content (AvgIpc) is 2.65. The Morgan fingerprint density at radius 1 is 1.17 bits per heavy atom. The number of nitrogens with one attached hydrogen (secondary N) is 2. The second-order valence-electron chi connectivity index (χ2n) is 6.32. The molecule has 0 aromatic heterocycles. The van der Waals surface area contributed by atoms with Gasteiger partial charge >= 0.3 is 18.0 Å². The standard InChI is InChI=1S/C18H23N3O7S/c1-5-27-17(23)15-11(2)19-18(24)20-14(15)10-28-16(22)12-7-6-8-13(9-12)29(25,26)21(3)4/h6-9,11H,5,10H2,1-4H3,(H2,19,20,24)/t11-/m1/s1. The molecule has 29 heavy (non-hydrogen) atoms. The molecule has 0 aliphatic carbocycles. The topological polar surface area (TPSA) is 131 Å². The van der Waals surface area contributed by atoms with Crippen LogP contribution >= 0.6 is 0 Å². The number of benzene rings is 1. The van der Waals surface area contributed by atoms with E-state index in [9.17, 15) is 22.8 Å². The van der Waals surface area contributed by atoms with Crippen molar-refractivity contribution in [1.29, 1.82) is 0 Å². The Kier molecular flexibility index (Phi) is 6.98. The highest BCUT2D eigenvalue weighted by atomic mass is 32.2. The fraction of sp³-hybridized carbons (Fsp3) is 0.389. The molecule has 10 nitrogen and oxygen atoms in total. The van der Waals surface area contributed by atoms with Crippen LogP contribution in [0.3, 0.4) is 0 Å². The van der Waals surface area contributed by atoms with E-state index in [1.807, 2.05) is 0 Å². The van der Waals surface area contributed by atoms with E-state index in [4.69, 9.17) is 9.47 Å². The first-order valence-corrected chi connectivity index (χ1v) is 10.2. The van der Waals surface area contributed by atoms with Gasteiger partial charge in [0, 0.05) is 14.1 Å². The van der Waals surface area contributed by atoms with Crippen molar-refractivity contribution in [3.63, 3.8) is 0 Å². The van der Waals surface area contributed by atoms with Gasteiger partial charge in [-0.25, -0.2) is 27.1 Å². The average molecular weight is 425 g/mol. The summed E-state index contributed by atoms with van der Waals surface area (Å²) in [6, 6.07) is 4.21. The van der Waals surface area contributed by atoms with Gasteiger partial charge in [-0.15, -0.1) is 0 Å². The van der Waals surface area contributed by atoms with Crippen LogP contribution in [0.2, 0.25) is 0 Å². The lowest BCUT2D eigenvalue weighted by Gasteiger charge is -2.26. The summed E-state index contributed by atoms with van der Waals surface area (Å²) in [7, 11) is -0.960. The third-order valence-corrected chi connectivity index (χ3v) is 5.87. The van der Waals surface area contributed by atoms with Crippen LogP contribution in [-0.4, -0.2) is 64.0 Å². The van der Waals surface area contributed by atoms with Crippen molar-refractivity contribution >= 4 is 28.0 Å². The Hall–Kier alpha value is -2.92. The van der Waals surface area contributed by atoms with Crippen LogP contribution in [0, 0.1) is 0 Å². The second kappa shape index (κ2) is 9.05. The molecule has 1 aliphatic rings. The van der Waals surface area contributed by atoms with Gasteiger partial charge in [0.25, 0.3) is 0 Å². The van der Waals surface area contributed by atoms with Gasteiger partial charge in [-0.2, -0.15) is 0 Å². The van der Waals surface area contributed by atoms with Crippen LogP contribution in [-0.2, 0) is 24.3 Å². The maximum Gasteiger partial charge on any atom is 0.338 e. The molecule has 1 atom stereocenters. The molecular weight excluding hydrogens is 402 g/mol. The number of amides is 2. The van der Waals surface area contributed by atoms with E-state index >= 15 is 0 Å². The normalized spacial score (nSPS) is 16.9. The lowest BCUT2D eigenvalue weighted by atomic mass is 10.0. The number of hydrogen-bond donors (Lipinski definition) is 2. The van der Waals surface area contributed by atoms with Crippen LogP contribution in [0.4, 0.5) is 4.79 Å². The molecule has 1 heterocycles. The van der Waals surface area contributed by atoms with E-state index in [-0.39, 0.29) is 28.3 Å². The summed E-state index contributed by atoms with van der Waals surface area (Å²) < 4.78 is 35.7. The Morgan fingerprint density at radius 2 is 1.86 bits per heavy atom. The first-order valence-electron chi connectivity index (χ1n) is 8.75. The number of nitrogens with zero attached hydrogens (tertiary/aromatic N) is 1. The van der Waals surface area contributed by atoms with E-state index in [1.54, 1.807) is 13.8 Å². The smallest absolute Gasteiger partial charge is 0.338 e. The molecule has 0 bridgehead atoms. The number of esters is 2. The zero-order chi connectivity index (χ0) is 21.8. The zero-order valence-corrected chi connectivity index (χ0v) is 17.3. The molecule has 1 aromatic carbocycles. The van der Waals surface area contributed by atoms with Gasteiger partial charge in [0.2, 0.25) is 10.0 Å². The molecule has 0 radical (unpaired) electrons. The highest BCUT2D eigenvalue weighted by Crippen LogP contribution is 2.17. The number of ether oxygens (including phenoxy) is 2. The molecule has 2 N–H and O–H groups in total. The van der Waals surface area contributed by atoms with Crippen molar-refractivity contribution in [2.75, 3.05) is 27.3 Å². The minimum absolute atomic E-state index is 0.0134. The van der Waals surface area contributed by atoms with E-state index in [0.29, 0.717) is 0 Å². The maximum absolute atomic E-state index is 12.4. The predicted molar refractivity (Wildman–Crippen MR) is 102 cm³/mol. The van der Waals surface area contributed by atoms with Gasteiger partial charge < -0.3 is 20.1 Å². The summed E-state index contributed by atoms with van der Waals surface area (Å²) in [5, 5.41) is 4.97. The highest BCUT2D eigenvalue weighted by molar-refractivity contribution is 7.89. The maximum atomic E-state index is 12.4. The molecule has 0 saturated heterocycles. The molecule has 2 rings (SSSR count). The summed E-state index contributed by atoms with van der Waals surface area (Å²) in [4.78, 5) is 36.2. The van der Waals surface area contributed by atoms with Crippen LogP contribution in [0.5, 0.6) is 0 Å². The van der Waals surface area contributed by atoms with Gasteiger partial charge in [0.15, 0.2) is 0 Å². The largest absolute Gasteiger partial charge is 0.463 e. The first-order chi connectivity index (χ1) is 13.6. The summed E-state index contributed by atoms with van der Waals surface area (Å²) in [6.45, 7) is 2.99. The van der Waals surface area contributed by atoms with E-state index in [1.165, 1.54) is 38.4 Å². The summed E-state index contributed by atoms with van der Waals surface area (Å²) in [5.74, 6) is -1.45. The fourth-order valence-electron chi connectivity index (χ4n) is 2.61. The Bertz CT molecular complexity index is 954. The van der Waals surface area contributed by atoms with E-state index < -0.39 is 40.6 Å². The summed E-state index contributed by atoms with van der Waals surface area (Å²) in [5.41, 5.74) is 0.257. The summed E-state index contributed by atoms with van der Waals surface area (Å²) in [6.07, 6.45) is 0. The molecule has 0 fully saturated rings. The van der Waals surface area contributed by atoms with Gasteiger partial charge in [-0.05, 0) is 32.0 Å². The van der Waals surface area contributed by atoms with Crippen LogP contribution in [0.15, 0.2) is 40.4 Å². The minimum Gasteiger partial charge on any atom is -0.463 e. The lowest BCUT2D eigenvalue weighted by Crippen LogP contribution is -2.50. The highest BCUT2D eigenvalue weighted by Gasteiger charge is 2.30. The molecule has 2 amide bonds. The van der Waals surface area contributed by atoms with Crippen molar-refractivity contribution in [3.8, 4) is 0 Å². The Labute approximate surface area is 168 Å². The fourth-order valence-corrected chi connectivity index (χ4v) is 3.56. The van der Waals surface area contributed by atoms with Gasteiger partial charge in [0.1, 0.15) is 6.61 Å². The third kappa shape index (κ3) is 5.12.